The highest BCUT2D eigenvalue weighted by atomic mass is 79.9. The Kier molecular flexibility index (Phi) is 2.55. The molecular formula is C5H8BrN3O2S. The van der Waals surface area contributed by atoms with Crippen LogP contribution in [0.3, 0.4) is 0 Å². The number of aromatic nitrogens is 2. The molecule has 1 heterocycles. The normalized spacial score (nSPS) is 11.9. The second-order valence-electron chi connectivity index (χ2n) is 2.43. The summed E-state index contributed by atoms with van der Waals surface area (Å²) in [6.07, 6.45) is 1.61. The van der Waals surface area contributed by atoms with E-state index in [-0.39, 0.29) is 5.75 Å². The van der Waals surface area contributed by atoms with Crippen molar-refractivity contribution in [3.63, 3.8) is 0 Å². The molecule has 1 aromatic heterocycles. The summed E-state index contributed by atoms with van der Waals surface area (Å²) in [5.74, 6) is -0.193. The van der Waals surface area contributed by atoms with E-state index in [1.807, 2.05) is 0 Å². The Morgan fingerprint density at radius 2 is 2.33 bits per heavy atom. The summed E-state index contributed by atoms with van der Waals surface area (Å²) in [6, 6.07) is 0. The standard InChI is InChI=1S/C5H8BrN3O2S/c1-9-2-4(5(6)8-9)3-12(7,10)11/h2H,3H2,1H3,(H2,7,10,11). The van der Waals surface area contributed by atoms with Gasteiger partial charge in [-0.3, -0.25) is 4.68 Å². The molecule has 0 saturated carbocycles. The number of nitrogens with zero attached hydrogens (tertiary/aromatic N) is 2. The number of hydrogen-bond donors (Lipinski definition) is 1. The largest absolute Gasteiger partial charge is 0.274 e. The van der Waals surface area contributed by atoms with Crippen LogP contribution in [0.5, 0.6) is 0 Å². The van der Waals surface area contributed by atoms with E-state index in [2.05, 4.69) is 21.0 Å². The average molecular weight is 254 g/mol. The van der Waals surface area contributed by atoms with Crippen molar-refractivity contribution >= 4 is 26.0 Å². The minimum absolute atomic E-state index is 0.193. The summed E-state index contributed by atoms with van der Waals surface area (Å²) >= 11 is 3.12. The number of halogens is 1. The van der Waals surface area contributed by atoms with Crippen LogP contribution >= 0.6 is 15.9 Å². The maximum absolute atomic E-state index is 10.7. The highest BCUT2D eigenvalue weighted by molar-refractivity contribution is 9.10. The maximum Gasteiger partial charge on any atom is 0.213 e. The molecular weight excluding hydrogens is 246 g/mol. The van der Waals surface area contributed by atoms with Crippen molar-refractivity contribution in [3.05, 3.63) is 16.4 Å². The smallest absolute Gasteiger partial charge is 0.213 e. The van der Waals surface area contributed by atoms with Crippen molar-refractivity contribution in [2.45, 2.75) is 5.75 Å². The van der Waals surface area contributed by atoms with E-state index in [1.165, 1.54) is 4.68 Å². The molecule has 0 atom stereocenters. The van der Waals surface area contributed by atoms with E-state index in [0.29, 0.717) is 10.2 Å². The lowest BCUT2D eigenvalue weighted by atomic mass is 10.4. The van der Waals surface area contributed by atoms with Gasteiger partial charge in [0.25, 0.3) is 0 Å². The summed E-state index contributed by atoms with van der Waals surface area (Å²) in [7, 11) is -1.76. The first kappa shape index (κ1) is 9.69. The fraction of sp³-hybridized carbons (Fsp3) is 0.400. The zero-order valence-electron chi connectivity index (χ0n) is 6.36. The lowest BCUT2D eigenvalue weighted by Crippen LogP contribution is -2.14. The fourth-order valence-corrected chi connectivity index (χ4v) is 2.15. The van der Waals surface area contributed by atoms with Gasteiger partial charge in [-0.05, 0) is 15.9 Å². The number of primary sulfonamides is 1. The van der Waals surface area contributed by atoms with Crippen molar-refractivity contribution in [2.75, 3.05) is 0 Å². The summed E-state index contributed by atoms with van der Waals surface area (Å²) in [6.45, 7) is 0. The van der Waals surface area contributed by atoms with E-state index < -0.39 is 10.0 Å². The van der Waals surface area contributed by atoms with Gasteiger partial charge < -0.3 is 0 Å². The summed E-state index contributed by atoms with van der Waals surface area (Å²) in [5.41, 5.74) is 0.569. The van der Waals surface area contributed by atoms with Crippen molar-refractivity contribution in [1.29, 1.82) is 0 Å². The molecule has 0 bridgehead atoms. The SMILES string of the molecule is Cn1cc(CS(N)(=O)=O)c(Br)n1. The molecule has 12 heavy (non-hydrogen) atoms. The third kappa shape index (κ3) is 2.58. The molecule has 0 saturated heterocycles. The first-order chi connectivity index (χ1) is 5.38. The molecule has 0 unspecified atom stereocenters. The van der Waals surface area contributed by atoms with E-state index in [0.717, 1.165) is 0 Å². The monoisotopic (exact) mass is 253 g/mol. The molecule has 1 rings (SSSR count). The third-order valence-electron chi connectivity index (χ3n) is 1.21. The lowest BCUT2D eigenvalue weighted by molar-refractivity contribution is 0.597. The Labute approximate surface area is 78.7 Å². The van der Waals surface area contributed by atoms with Gasteiger partial charge in [-0.2, -0.15) is 5.10 Å². The molecule has 0 fully saturated rings. The number of nitrogens with two attached hydrogens (primary N) is 1. The van der Waals surface area contributed by atoms with Crippen molar-refractivity contribution in [3.8, 4) is 0 Å². The van der Waals surface area contributed by atoms with Crippen LogP contribution in [0.25, 0.3) is 0 Å². The topological polar surface area (TPSA) is 78.0 Å². The molecule has 68 valence electrons. The van der Waals surface area contributed by atoms with Gasteiger partial charge in [0.05, 0.1) is 5.75 Å². The van der Waals surface area contributed by atoms with Crippen LogP contribution in [0.2, 0.25) is 0 Å². The van der Waals surface area contributed by atoms with Crippen LogP contribution in [0, 0.1) is 0 Å². The predicted octanol–water partition coefficient (Wildman–Crippen LogP) is -0.0289. The van der Waals surface area contributed by atoms with Crippen LogP contribution in [0.1, 0.15) is 5.56 Å². The Morgan fingerprint density at radius 1 is 1.75 bits per heavy atom. The van der Waals surface area contributed by atoms with Gasteiger partial charge in [-0.1, -0.05) is 0 Å². The first-order valence-electron chi connectivity index (χ1n) is 3.07. The van der Waals surface area contributed by atoms with Gasteiger partial charge in [-0.25, -0.2) is 13.6 Å². The minimum atomic E-state index is -3.47. The van der Waals surface area contributed by atoms with Crippen LogP contribution in [0.15, 0.2) is 10.8 Å². The van der Waals surface area contributed by atoms with Gasteiger partial charge in [0, 0.05) is 18.8 Å². The first-order valence-corrected chi connectivity index (χ1v) is 5.58. The summed E-state index contributed by atoms with van der Waals surface area (Å²) in [4.78, 5) is 0. The van der Waals surface area contributed by atoms with Gasteiger partial charge >= 0.3 is 0 Å². The molecule has 0 radical (unpaired) electrons. The molecule has 0 spiro atoms. The van der Waals surface area contributed by atoms with Gasteiger partial charge in [0.15, 0.2) is 0 Å². The number of aryl methyl sites for hydroxylation is 1. The average Bonchev–Trinajstić information content (AvgIpc) is 2.06. The van der Waals surface area contributed by atoms with Crippen LogP contribution in [-0.2, 0) is 22.8 Å². The molecule has 7 heteroatoms. The fourth-order valence-electron chi connectivity index (χ4n) is 0.824. The van der Waals surface area contributed by atoms with Gasteiger partial charge in [-0.15, -0.1) is 0 Å². The molecule has 0 amide bonds. The second kappa shape index (κ2) is 3.15. The Hall–Kier alpha value is -0.400. The Bertz CT molecular complexity index is 383. The zero-order chi connectivity index (χ0) is 9.35. The van der Waals surface area contributed by atoms with E-state index in [4.69, 9.17) is 5.14 Å². The minimum Gasteiger partial charge on any atom is -0.274 e. The zero-order valence-corrected chi connectivity index (χ0v) is 8.76. The van der Waals surface area contributed by atoms with E-state index in [1.54, 1.807) is 13.2 Å². The molecule has 2 N–H and O–H groups in total. The van der Waals surface area contributed by atoms with Crippen molar-refractivity contribution in [2.24, 2.45) is 12.2 Å². The Morgan fingerprint density at radius 3 is 2.67 bits per heavy atom. The number of hydrogen-bond acceptors (Lipinski definition) is 3. The number of sulfonamides is 1. The molecule has 0 aromatic carbocycles. The summed E-state index contributed by atoms with van der Waals surface area (Å²) < 4.78 is 23.4. The highest BCUT2D eigenvalue weighted by Gasteiger charge is 2.10. The molecule has 0 aliphatic carbocycles. The van der Waals surface area contributed by atoms with Crippen molar-refractivity contribution < 1.29 is 8.42 Å². The molecule has 5 nitrogen and oxygen atoms in total. The molecule has 0 aliphatic heterocycles. The van der Waals surface area contributed by atoms with Crippen LogP contribution in [-0.4, -0.2) is 18.2 Å². The van der Waals surface area contributed by atoms with E-state index >= 15 is 0 Å². The van der Waals surface area contributed by atoms with Crippen LogP contribution in [0.4, 0.5) is 0 Å². The third-order valence-corrected chi connectivity index (χ3v) is 2.59. The van der Waals surface area contributed by atoms with Crippen LogP contribution < -0.4 is 5.14 Å². The quantitative estimate of drug-likeness (QED) is 0.805. The van der Waals surface area contributed by atoms with Gasteiger partial charge in [0.1, 0.15) is 4.60 Å². The molecule has 1 aromatic rings. The predicted molar refractivity (Wildman–Crippen MR) is 47.7 cm³/mol. The van der Waals surface area contributed by atoms with Gasteiger partial charge in [0.2, 0.25) is 10.0 Å². The second-order valence-corrected chi connectivity index (χ2v) is 4.79. The van der Waals surface area contributed by atoms with Crippen molar-refractivity contribution in [1.82, 2.24) is 9.78 Å². The van der Waals surface area contributed by atoms with E-state index in [9.17, 15) is 8.42 Å². The summed E-state index contributed by atoms with van der Waals surface area (Å²) in [5, 5.41) is 8.77. The number of rotatable bonds is 2. The maximum atomic E-state index is 10.7. The molecule has 0 aliphatic rings. The Balaban J connectivity index is 2.97. The lowest BCUT2D eigenvalue weighted by Gasteiger charge is -1.93. The highest BCUT2D eigenvalue weighted by Crippen LogP contribution is 2.15.